The van der Waals surface area contributed by atoms with Gasteiger partial charge in [-0.15, -0.1) is 0 Å². The van der Waals surface area contributed by atoms with Crippen LogP contribution in [0.4, 0.5) is 0 Å². The Balaban J connectivity index is 1.21. The number of fused-ring (bicyclic) bond motifs is 15. The van der Waals surface area contributed by atoms with Crippen molar-refractivity contribution in [2.45, 2.75) is 5.41 Å². The minimum Gasteiger partial charge on any atom is -0.456 e. The highest BCUT2D eigenvalue weighted by Gasteiger charge is 2.54. The standard InChI is InChI=1S/C51H30O/c1-2-16-33-31(14-1)15-13-24-36(33)48-39-20-5-3-18-37(39)47(38-19-4-6-21-40(38)48)32-28-29-35-34-17-7-10-25-43(34)51(45(35)30-32)44-26-11-8-22-41(44)50-49(51)42-23-9-12-27-46(42)52-50/h1-30H. The predicted molar refractivity (Wildman–Crippen MR) is 216 cm³/mol. The zero-order chi connectivity index (χ0) is 34.0. The maximum absolute atomic E-state index is 6.77. The van der Waals surface area contributed by atoms with Gasteiger partial charge in [-0.3, -0.25) is 0 Å². The van der Waals surface area contributed by atoms with Crippen molar-refractivity contribution in [1.29, 1.82) is 0 Å². The van der Waals surface area contributed by atoms with Gasteiger partial charge >= 0.3 is 0 Å². The largest absolute Gasteiger partial charge is 0.456 e. The van der Waals surface area contributed by atoms with Gasteiger partial charge in [0.25, 0.3) is 0 Å². The quantitative estimate of drug-likeness (QED) is 0.169. The van der Waals surface area contributed by atoms with Gasteiger partial charge in [-0.25, -0.2) is 0 Å². The van der Waals surface area contributed by atoms with E-state index in [9.17, 15) is 0 Å². The Bertz CT molecular complexity index is 3080. The summed E-state index contributed by atoms with van der Waals surface area (Å²) >= 11 is 0. The molecule has 9 aromatic carbocycles. The van der Waals surface area contributed by atoms with Crippen LogP contribution in [0, 0.1) is 0 Å². The topological polar surface area (TPSA) is 13.1 Å². The van der Waals surface area contributed by atoms with Gasteiger partial charge in [0.15, 0.2) is 0 Å². The average Bonchev–Trinajstić information content (AvgIpc) is 3.83. The summed E-state index contributed by atoms with van der Waals surface area (Å²) in [5.74, 6) is 0.986. The maximum Gasteiger partial charge on any atom is 0.140 e. The number of para-hydroxylation sites is 1. The first-order valence-corrected chi connectivity index (χ1v) is 18.1. The molecule has 1 atom stereocenters. The first kappa shape index (κ1) is 28.0. The number of hydrogen-bond acceptors (Lipinski definition) is 1. The summed E-state index contributed by atoms with van der Waals surface area (Å²) in [6.45, 7) is 0. The second kappa shape index (κ2) is 10.2. The molecule has 52 heavy (non-hydrogen) atoms. The van der Waals surface area contributed by atoms with Gasteiger partial charge in [0.05, 0.1) is 5.41 Å². The molecule has 0 saturated carbocycles. The molecule has 1 heterocycles. The van der Waals surface area contributed by atoms with E-state index in [2.05, 4.69) is 182 Å². The van der Waals surface area contributed by atoms with Gasteiger partial charge in [0.2, 0.25) is 0 Å². The fourth-order valence-electron chi connectivity index (χ4n) is 9.92. The lowest BCUT2D eigenvalue weighted by atomic mass is 9.69. The van der Waals surface area contributed by atoms with E-state index in [1.54, 1.807) is 0 Å². The molecule has 0 radical (unpaired) electrons. The molecular formula is C51H30O. The summed E-state index contributed by atoms with van der Waals surface area (Å²) in [4.78, 5) is 0. The highest BCUT2D eigenvalue weighted by molar-refractivity contribution is 6.23. The third kappa shape index (κ3) is 3.43. The van der Waals surface area contributed by atoms with Crippen LogP contribution in [0.2, 0.25) is 0 Å². The second-order valence-corrected chi connectivity index (χ2v) is 14.3. The lowest BCUT2D eigenvalue weighted by Gasteiger charge is -2.30. The third-order valence-electron chi connectivity index (χ3n) is 11.9. The average molecular weight is 659 g/mol. The van der Waals surface area contributed by atoms with E-state index >= 15 is 0 Å². The van der Waals surface area contributed by atoms with Crippen LogP contribution in [0.3, 0.4) is 0 Å². The molecule has 0 amide bonds. The van der Waals surface area contributed by atoms with Gasteiger partial charge in [-0.1, -0.05) is 170 Å². The van der Waals surface area contributed by atoms with E-state index in [0.717, 1.165) is 11.3 Å². The van der Waals surface area contributed by atoms with Crippen molar-refractivity contribution < 1.29 is 4.42 Å². The summed E-state index contributed by atoms with van der Waals surface area (Å²) in [6, 6.07) is 67.2. The number of furan rings is 1. The molecule has 1 heteroatoms. The minimum absolute atomic E-state index is 0.505. The van der Waals surface area contributed by atoms with E-state index in [1.165, 1.54) is 98.9 Å². The molecule has 240 valence electrons. The van der Waals surface area contributed by atoms with Crippen molar-refractivity contribution >= 4 is 43.3 Å². The highest BCUT2D eigenvalue weighted by Crippen LogP contribution is 2.65. The molecule has 1 unspecified atom stereocenters. The molecule has 1 aromatic heterocycles. The van der Waals surface area contributed by atoms with Gasteiger partial charge < -0.3 is 4.42 Å². The monoisotopic (exact) mass is 658 g/mol. The van der Waals surface area contributed by atoms with Gasteiger partial charge in [0, 0.05) is 16.5 Å². The van der Waals surface area contributed by atoms with Crippen molar-refractivity contribution in [1.82, 2.24) is 0 Å². The minimum atomic E-state index is -0.505. The summed E-state index contributed by atoms with van der Waals surface area (Å²) in [5, 5.41) is 8.75. The lowest BCUT2D eigenvalue weighted by molar-refractivity contribution is 0.628. The van der Waals surface area contributed by atoms with E-state index in [4.69, 9.17) is 4.42 Å². The van der Waals surface area contributed by atoms with Gasteiger partial charge in [0.1, 0.15) is 11.3 Å². The third-order valence-corrected chi connectivity index (χ3v) is 11.9. The van der Waals surface area contributed by atoms with E-state index < -0.39 is 5.41 Å². The normalized spacial score (nSPS) is 15.4. The van der Waals surface area contributed by atoms with Crippen molar-refractivity contribution in [2.24, 2.45) is 0 Å². The van der Waals surface area contributed by atoms with Crippen LogP contribution in [0.1, 0.15) is 22.3 Å². The molecule has 0 bridgehead atoms. The summed E-state index contributed by atoms with van der Waals surface area (Å²) in [7, 11) is 0. The van der Waals surface area contributed by atoms with Crippen LogP contribution < -0.4 is 0 Å². The van der Waals surface area contributed by atoms with Crippen LogP contribution in [-0.4, -0.2) is 0 Å². The number of hydrogen-bond donors (Lipinski definition) is 0. The number of benzene rings is 9. The summed E-state index contributed by atoms with van der Waals surface area (Å²) in [5.41, 5.74) is 14.4. The van der Waals surface area contributed by atoms with Crippen LogP contribution >= 0.6 is 0 Å². The van der Waals surface area contributed by atoms with Crippen LogP contribution in [-0.2, 0) is 5.41 Å². The fourth-order valence-corrected chi connectivity index (χ4v) is 9.92. The Kier molecular flexibility index (Phi) is 5.49. The fraction of sp³-hybridized carbons (Fsp3) is 0.0196. The van der Waals surface area contributed by atoms with E-state index in [-0.39, 0.29) is 0 Å². The van der Waals surface area contributed by atoms with Gasteiger partial charge in [-0.2, -0.15) is 0 Å². The first-order chi connectivity index (χ1) is 25.8. The maximum atomic E-state index is 6.77. The Morgan fingerprint density at radius 1 is 0.346 bits per heavy atom. The molecule has 0 saturated heterocycles. The second-order valence-electron chi connectivity index (χ2n) is 14.3. The van der Waals surface area contributed by atoms with Crippen molar-refractivity contribution in [3.63, 3.8) is 0 Å². The van der Waals surface area contributed by atoms with E-state index in [0.29, 0.717) is 0 Å². The SMILES string of the molecule is c1ccc2c(c1)-c1ccc(-c3c4ccccc4c(-c4cccc5ccccc45)c4ccccc34)cc1C21c2ccccc2-c2oc3ccccc3c21. The molecular weight excluding hydrogens is 629 g/mol. The Morgan fingerprint density at radius 2 is 0.865 bits per heavy atom. The molecule has 2 aliphatic rings. The molecule has 0 aliphatic heterocycles. The van der Waals surface area contributed by atoms with Crippen molar-refractivity contribution in [2.75, 3.05) is 0 Å². The summed E-state index contributed by atoms with van der Waals surface area (Å²) in [6.07, 6.45) is 0. The zero-order valence-electron chi connectivity index (χ0n) is 28.2. The van der Waals surface area contributed by atoms with Crippen molar-refractivity contribution in [3.8, 4) is 44.7 Å². The molecule has 12 rings (SSSR count). The van der Waals surface area contributed by atoms with Crippen LogP contribution in [0.15, 0.2) is 186 Å². The lowest BCUT2D eigenvalue weighted by Crippen LogP contribution is -2.25. The molecule has 1 spiro atoms. The Hall–Kier alpha value is -6.70. The van der Waals surface area contributed by atoms with Crippen molar-refractivity contribution in [3.05, 3.63) is 204 Å². The zero-order valence-corrected chi connectivity index (χ0v) is 28.2. The van der Waals surface area contributed by atoms with Crippen LogP contribution in [0.25, 0.3) is 88.0 Å². The smallest absolute Gasteiger partial charge is 0.140 e. The molecule has 0 N–H and O–H groups in total. The molecule has 1 nitrogen and oxygen atoms in total. The predicted octanol–water partition coefficient (Wildman–Crippen LogP) is 13.6. The molecule has 2 aliphatic carbocycles. The highest BCUT2D eigenvalue weighted by atomic mass is 16.3. The van der Waals surface area contributed by atoms with E-state index in [1.807, 2.05) is 0 Å². The van der Waals surface area contributed by atoms with Crippen LogP contribution in [0.5, 0.6) is 0 Å². The van der Waals surface area contributed by atoms with Gasteiger partial charge in [-0.05, 0) is 94.5 Å². The number of rotatable bonds is 2. The Morgan fingerprint density at radius 3 is 1.62 bits per heavy atom. The first-order valence-electron chi connectivity index (χ1n) is 18.1. The Labute approximate surface area is 301 Å². The summed E-state index contributed by atoms with van der Waals surface area (Å²) < 4.78 is 6.77. The molecule has 0 fully saturated rings. The molecule has 10 aromatic rings.